The summed E-state index contributed by atoms with van der Waals surface area (Å²) < 4.78 is 39.9. The lowest BCUT2D eigenvalue weighted by Gasteiger charge is -2.32. The Balaban J connectivity index is 2.50. The number of hydrogen-bond donors (Lipinski definition) is 1. The molecular weight excluding hydrogens is 265 g/mol. The quantitative estimate of drug-likeness (QED) is 0.912. The summed E-state index contributed by atoms with van der Waals surface area (Å²) >= 11 is 0. The van der Waals surface area contributed by atoms with E-state index in [0.717, 1.165) is 19.3 Å². The summed E-state index contributed by atoms with van der Waals surface area (Å²) in [5, 5.41) is 0. The van der Waals surface area contributed by atoms with Gasteiger partial charge in [0.2, 0.25) is 0 Å². The molecular formula is C15H21F3N2. The van der Waals surface area contributed by atoms with Crippen LogP contribution >= 0.6 is 0 Å². The molecule has 112 valence electrons. The Hall–Kier alpha value is -1.23. The van der Waals surface area contributed by atoms with Gasteiger partial charge in [0.1, 0.15) is 0 Å². The number of benzene rings is 1. The van der Waals surface area contributed by atoms with Crippen LogP contribution in [0.1, 0.15) is 44.2 Å². The zero-order valence-corrected chi connectivity index (χ0v) is 11.9. The van der Waals surface area contributed by atoms with E-state index in [1.165, 1.54) is 6.07 Å². The molecule has 1 aliphatic heterocycles. The predicted octanol–water partition coefficient (Wildman–Crippen LogP) is 3.93. The summed E-state index contributed by atoms with van der Waals surface area (Å²) in [5.74, 6) is 0. The van der Waals surface area contributed by atoms with Crippen LogP contribution in [0.2, 0.25) is 0 Å². The van der Waals surface area contributed by atoms with Gasteiger partial charge in [-0.25, -0.2) is 0 Å². The molecule has 2 atom stereocenters. The van der Waals surface area contributed by atoms with Crippen molar-refractivity contribution in [2.75, 3.05) is 4.90 Å². The van der Waals surface area contributed by atoms with Crippen molar-refractivity contribution in [1.82, 2.24) is 0 Å². The van der Waals surface area contributed by atoms with E-state index in [-0.39, 0.29) is 18.6 Å². The van der Waals surface area contributed by atoms with Crippen LogP contribution in [0.5, 0.6) is 0 Å². The largest absolute Gasteiger partial charge is 0.418 e. The van der Waals surface area contributed by atoms with Crippen molar-refractivity contribution < 1.29 is 13.2 Å². The second-order valence-electron chi connectivity index (χ2n) is 5.45. The van der Waals surface area contributed by atoms with Gasteiger partial charge >= 0.3 is 6.18 Å². The lowest BCUT2D eigenvalue weighted by molar-refractivity contribution is -0.137. The first-order valence-electron chi connectivity index (χ1n) is 7.07. The van der Waals surface area contributed by atoms with Gasteiger partial charge in [-0.2, -0.15) is 13.2 Å². The molecule has 0 aliphatic carbocycles. The zero-order chi connectivity index (χ0) is 14.9. The average Bonchev–Trinajstić information content (AvgIpc) is 2.78. The molecule has 1 aromatic carbocycles. The summed E-state index contributed by atoms with van der Waals surface area (Å²) in [7, 11) is 0. The molecule has 0 spiro atoms. The van der Waals surface area contributed by atoms with Crippen molar-refractivity contribution in [2.24, 2.45) is 5.73 Å². The molecule has 0 aromatic heterocycles. The second-order valence-corrected chi connectivity index (χ2v) is 5.45. The minimum atomic E-state index is -4.35. The fraction of sp³-hybridized carbons (Fsp3) is 0.600. The molecule has 0 amide bonds. The summed E-state index contributed by atoms with van der Waals surface area (Å²) in [6.45, 7) is 4.14. The van der Waals surface area contributed by atoms with Gasteiger partial charge < -0.3 is 10.6 Å². The van der Waals surface area contributed by atoms with Crippen molar-refractivity contribution >= 4 is 5.69 Å². The average molecular weight is 286 g/mol. The van der Waals surface area contributed by atoms with Crippen LogP contribution in [0, 0.1) is 0 Å². The highest BCUT2D eigenvalue weighted by Gasteiger charge is 2.39. The third-order valence-electron chi connectivity index (χ3n) is 4.14. The van der Waals surface area contributed by atoms with Gasteiger partial charge in [-0.15, -0.1) is 0 Å². The number of nitrogens with zero attached hydrogens (tertiary/aromatic N) is 1. The van der Waals surface area contributed by atoms with E-state index < -0.39 is 11.7 Å². The van der Waals surface area contributed by atoms with Gasteiger partial charge in [0, 0.05) is 24.3 Å². The van der Waals surface area contributed by atoms with E-state index >= 15 is 0 Å². The molecule has 1 aromatic rings. The molecule has 2 rings (SSSR count). The molecule has 0 saturated carbocycles. The topological polar surface area (TPSA) is 29.3 Å². The van der Waals surface area contributed by atoms with Crippen molar-refractivity contribution in [3.05, 3.63) is 29.3 Å². The zero-order valence-electron chi connectivity index (χ0n) is 11.9. The van der Waals surface area contributed by atoms with Crippen LogP contribution < -0.4 is 10.6 Å². The Bertz CT molecular complexity index is 471. The number of halogens is 3. The summed E-state index contributed by atoms with van der Waals surface area (Å²) in [5.41, 5.74) is 5.72. The number of nitrogens with two attached hydrogens (primary N) is 1. The second kappa shape index (κ2) is 5.64. The highest BCUT2D eigenvalue weighted by atomic mass is 19.4. The van der Waals surface area contributed by atoms with Crippen LogP contribution in [0.15, 0.2) is 18.2 Å². The van der Waals surface area contributed by atoms with Crippen molar-refractivity contribution in [2.45, 2.75) is 57.9 Å². The molecule has 1 fully saturated rings. The first-order chi connectivity index (χ1) is 9.38. The summed E-state index contributed by atoms with van der Waals surface area (Å²) in [6.07, 6.45) is -1.59. The third-order valence-corrected chi connectivity index (χ3v) is 4.14. The van der Waals surface area contributed by atoms with Gasteiger partial charge in [-0.05, 0) is 43.9 Å². The Morgan fingerprint density at radius 1 is 1.30 bits per heavy atom. The molecule has 2 N–H and O–H groups in total. The fourth-order valence-electron chi connectivity index (χ4n) is 3.07. The highest BCUT2D eigenvalue weighted by molar-refractivity contribution is 5.58. The van der Waals surface area contributed by atoms with Crippen LogP contribution in [0.3, 0.4) is 0 Å². The van der Waals surface area contributed by atoms with Gasteiger partial charge in [-0.3, -0.25) is 0 Å². The SMILES string of the molecule is CCC1CCC(C)N1c1ccc(CN)cc1C(F)(F)F. The smallest absolute Gasteiger partial charge is 0.365 e. The molecule has 1 saturated heterocycles. The van der Waals surface area contributed by atoms with E-state index in [0.29, 0.717) is 11.3 Å². The van der Waals surface area contributed by atoms with E-state index in [2.05, 4.69) is 0 Å². The summed E-state index contributed by atoms with van der Waals surface area (Å²) in [6, 6.07) is 4.80. The number of alkyl halides is 3. The van der Waals surface area contributed by atoms with E-state index in [4.69, 9.17) is 5.73 Å². The monoisotopic (exact) mass is 286 g/mol. The molecule has 0 radical (unpaired) electrons. The minimum Gasteiger partial charge on any atom is -0.365 e. The van der Waals surface area contributed by atoms with Crippen LogP contribution in [-0.2, 0) is 12.7 Å². The van der Waals surface area contributed by atoms with Crippen molar-refractivity contribution in [3.8, 4) is 0 Å². The third kappa shape index (κ3) is 2.77. The molecule has 5 heteroatoms. The number of hydrogen-bond acceptors (Lipinski definition) is 2. The van der Waals surface area contributed by atoms with Gasteiger partial charge in [0.25, 0.3) is 0 Å². The van der Waals surface area contributed by atoms with Gasteiger partial charge in [-0.1, -0.05) is 13.0 Å². The maximum absolute atomic E-state index is 13.3. The number of rotatable bonds is 3. The van der Waals surface area contributed by atoms with Crippen LogP contribution in [0.25, 0.3) is 0 Å². The van der Waals surface area contributed by atoms with Crippen molar-refractivity contribution in [1.29, 1.82) is 0 Å². The van der Waals surface area contributed by atoms with E-state index in [9.17, 15) is 13.2 Å². The van der Waals surface area contributed by atoms with E-state index in [1.54, 1.807) is 12.1 Å². The van der Waals surface area contributed by atoms with Gasteiger partial charge in [0.15, 0.2) is 0 Å². The Morgan fingerprint density at radius 3 is 2.55 bits per heavy atom. The lowest BCUT2D eigenvalue weighted by atomic mass is 10.0. The maximum atomic E-state index is 13.3. The minimum absolute atomic E-state index is 0.121. The van der Waals surface area contributed by atoms with Crippen LogP contribution in [-0.4, -0.2) is 12.1 Å². The molecule has 0 bridgehead atoms. The summed E-state index contributed by atoms with van der Waals surface area (Å²) in [4.78, 5) is 1.93. The standard InChI is InChI=1S/C15H21F3N2/c1-3-12-6-4-10(2)20(12)14-7-5-11(9-19)8-13(14)15(16,17)18/h5,7-8,10,12H,3-4,6,9,19H2,1-2H3. The fourth-order valence-corrected chi connectivity index (χ4v) is 3.07. The predicted molar refractivity (Wildman–Crippen MR) is 74.6 cm³/mol. The number of anilines is 1. The first kappa shape index (κ1) is 15.2. The Kier molecular flexibility index (Phi) is 4.28. The molecule has 1 aliphatic rings. The Labute approximate surface area is 117 Å². The van der Waals surface area contributed by atoms with Gasteiger partial charge in [0.05, 0.1) is 5.56 Å². The Morgan fingerprint density at radius 2 is 2.00 bits per heavy atom. The van der Waals surface area contributed by atoms with Crippen LogP contribution in [0.4, 0.5) is 18.9 Å². The molecule has 20 heavy (non-hydrogen) atoms. The first-order valence-corrected chi connectivity index (χ1v) is 7.07. The van der Waals surface area contributed by atoms with E-state index in [1.807, 2.05) is 18.7 Å². The lowest BCUT2D eigenvalue weighted by Crippen LogP contribution is -2.35. The molecule has 2 unspecified atom stereocenters. The maximum Gasteiger partial charge on any atom is 0.418 e. The molecule has 1 heterocycles. The molecule has 2 nitrogen and oxygen atoms in total. The normalized spacial score (nSPS) is 23.4. The highest BCUT2D eigenvalue weighted by Crippen LogP contribution is 2.41. The van der Waals surface area contributed by atoms with Crippen molar-refractivity contribution in [3.63, 3.8) is 0 Å².